The van der Waals surface area contributed by atoms with Gasteiger partial charge in [-0.15, -0.1) is 0 Å². The standard InChI is InChI=1S/C26H37N3O8SSi/c1-17-13-29(24(31)28(5)22(17)30)23-21(36-39(6,7)25(2,3)4)26(19(27)16-38(32,33)37-26)20(35-23)15-34-14-18-11-9-8-10-12-18/h8-13,16,20-21,23H,14-15,27H2,1-7H3/t20?,21-,23+,26?/m0/s1. The number of aryl methyl sites for hydroxylation is 1. The zero-order valence-corrected chi connectivity index (χ0v) is 25.2. The molecule has 0 saturated carbocycles. The third kappa shape index (κ3) is 5.31. The van der Waals surface area contributed by atoms with Crippen molar-refractivity contribution in [2.75, 3.05) is 6.61 Å². The van der Waals surface area contributed by atoms with Gasteiger partial charge >= 0.3 is 5.69 Å². The molecule has 2 aromatic rings. The second kappa shape index (κ2) is 10.1. The minimum absolute atomic E-state index is 0.100. The lowest BCUT2D eigenvalue weighted by molar-refractivity contribution is -0.0783. The summed E-state index contributed by atoms with van der Waals surface area (Å²) < 4.78 is 52.7. The quantitative estimate of drug-likeness (QED) is 0.386. The van der Waals surface area contributed by atoms with Crippen LogP contribution in [0, 0.1) is 6.92 Å². The molecule has 1 saturated heterocycles. The summed E-state index contributed by atoms with van der Waals surface area (Å²) in [7, 11) is -5.47. The van der Waals surface area contributed by atoms with Crippen LogP contribution in [0.2, 0.25) is 18.1 Å². The highest BCUT2D eigenvalue weighted by Gasteiger charge is 2.67. The molecular weight excluding hydrogens is 542 g/mol. The molecule has 2 aliphatic heterocycles. The lowest BCUT2D eigenvalue weighted by Crippen LogP contribution is -2.58. The molecule has 0 aliphatic carbocycles. The summed E-state index contributed by atoms with van der Waals surface area (Å²) in [5.41, 5.74) is 4.63. The largest absolute Gasteiger partial charge is 0.406 e. The maximum atomic E-state index is 13.3. The molecule has 1 spiro atoms. The first-order chi connectivity index (χ1) is 18.0. The van der Waals surface area contributed by atoms with E-state index in [0.717, 1.165) is 15.5 Å². The Hall–Kier alpha value is -2.55. The van der Waals surface area contributed by atoms with Crippen LogP contribution in [0.15, 0.2) is 57.2 Å². The molecule has 2 unspecified atom stereocenters. The van der Waals surface area contributed by atoms with Gasteiger partial charge in [0.1, 0.15) is 12.2 Å². The number of hydrogen-bond acceptors (Lipinski definition) is 9. The van der Waals surface area contributed by atoms with Crippen molar-refractivity contribution in [2.24, 2.45) is 12.8 Å². The molecule has 11 nitrogen and oxygen atoms in total. The molecule has 3 heterocycles. The van der Waals surface area contributed by atoms with Crippen LogP contribution in [0.1, 0.15) is 38.1 Å². The van der Waals surface area contributed by atoms with Gasteiger partial charge in [-0.1, -0.05) is 51.1 Å². The summed E-state index contributed by atoms with van der Waals surface area (Å²) in [5.74, 6) is 0. The highest BCUT2D eigenvalue weighted by atomic mass is 32.2. The van der Waals surface area contributed by atoms with E-state index in [9.17, 15) is 18.0 Å². The zero-order valence-electron chi connectivity index (χ0n) is 23.3. The molecule has 1 aromatic heterocycles. The zero-order chi connectivity index (χ0) is 29.0. The van der Waals surface area contributed by atoms with Gasteiger partial charge in [-0.25, -0.2) is 8.98 Å². The third-order valence-electron chi connectivity index (χ3n) is 7.81. The van der Waals surface area contributed by atoms with E-state index < -0.39 is 53.7 Å². The summed E-state index contributed by atoms with van der Waals surface area (Å²) in [6.07, 6.45) is -1.98. The van der Waals surface area contributed by atoms with Crippen LogP contribution in [0.25, 0.3) is 0 Å². The Morgan fingerprint density at radius 2 is 1.79 bits per heavy atom. The van der Waals surface area contributed by atoms with Crippen LogP contribution in [-0.2, 0) is 41.9 Å². The average molecular weight is 580 g/mol. The summed E-state index contributed by atoms with van der Waals surface area (Å²) in [5, 5.41) is 0.570. The molecule has 0 bridgehead atoms. The Morgan fingerprint density at radius 3 is 2.36 bits per heavy atom. The normalized spacial score (nSPS) is 26.7. The fourth-order valence-electron chi connectivity index (χ4n) is 4.60. The summed E-state index contributed by atoms with van der Waals surface area (Å²) >= 11 is 0. The molecule has 1 fully saturated rings. The molecule has 1 aromatic carbocycles. The molecule has 4 atom stereocenters. The van der Waals surface area contributed by atoms with Crippen molar-refractivity contribution < 1.29 is 26.5 Å². The van der Waals surface area contributed by atoms with E-state index in [-0.39, 0.29) is 23.9 Å². The number of rotatable bonds is 7. The number of nitrogens with two attached hydrogens (primary N) is 1. The SMILES string of the molecule is Cc1cn([C@@H]2OC(COCc3ccccc3)C3(OS(=O)(=O)C=C3N)[C@H]2O[Si](C)(C)C(C)(C)C)c(=O)n(C)c1=O. The van der Waals surface area contributed by atoms with E-state index >= 15 is 0 Å². The van der Waals surface area contributed by atoms with Crippen molar-refractivity contribution in [3.63, 3.8) is 0 Å². The van der Waals surface area contributed by atoms with E-state index in [1.807, 2.05) is 64.2 Å². The maximum absolute atomic E-state index is 13.3. The van der Waals surface area contributed by atoms with Crippen molar-refractivity contribution in [2.45, 2.75) is 76.5 Å². The van der Waals surface area contributed by atoms with E-state index in [1.165, 1.54) is 17.8 Å². The Labute approximate surface area is 229 Å². The first-order valence-corrected chi connectivity index (χ1v) is 17.0. The van der Waals surface area contributed by atoms with Crippen molar-refractivity contribution >= 4 is 18.4 Å². The molecule has 2 aliphatic rings. The number of hydrogen-bond donors (Lipinski definition) is 1. The van der Waals surface area contributed by atoms with Crippen molar-refractivity contribution in [1.29, 1.82) is 0 Å². The highest BCUT2D eigenvalue weighted by molar-refractivity contribution is 7.90. The van der Waals surface area contributed by atoms with Gasteiger partial charge in [0.25, 0.3) is 15.7 Å². The van der Waals surface area contributed by atoms with Crippen LogP contribution in [0.5, 0.6) is 0 Å². The molecule has 0 radical (unpaired) electrons. The minimum Gasteiger partial charge on any atom is -0.406 e. The van der Waals surface area contributed by atoms with Gasteiger partial charge < -0.3 is 19.6 Å². The van der Waals surface area contributed by atoms with Crippen LogP contribution >= 0.6 is 0 Å². The van der Waals surface area contributed by atoms with Gasteiger partial charge in [-0.05, 0) is 30.6 Å². The fraction of sp³-hybridized carbons (Fsp3) is 0.538. The van der Waals surface area contributed by atoms with E-state index in [4.69, 9.17) is 23.8 Å². The Balaban J connectivity index is 1.85. The number of benzene rings is 1. The molecular formula is C26H37N3O8SSi. The van der Waals surface area contributed by atoms with Gasteiger partial charge in [0.05, 0.1) is 24.3 Å². The lowest BCUT2D eigenvalue weighted by atomic mass is 9.89. The Kier molecular flexibility index (Phi) is 7.64. The summed E-state index contributed by atoms with van der Waals surface area (Å²) in [4.78, 5) is 25.8. The van der Waals surface area contributed by atoms with Gasteiger partial charge in [0, 0.05) is 18.8 Å². The number of aromatic nitrogens is 2. The van der Waals surface area contributed by atoms with E-state index in [1.54, 1.807) is 6.92 Å². The van der Waals surface area contributed by atoms with Crippen LogP contribution in [-0.4, -0.2) is 50.3 Å². The summed E-state index contributed by atoms with van der Waals surface area (Å²) in [6, 6.07) is 9.45. The topological polar surface area (TPSA) is 141 Å². The Morgan fingerprint density at radius 1 is 1.15 bits per heavy atom. The van der Waals surface area contributed by atoms with Crippen molar-refractivity contribution in [3.05, 3.63) is 79.6 Å². The smallest absolute Gasteiger partial charge is 0.332 e. The average Bonchev–Trinajstić information content (AvgIpc) is 3.26. The molecule has 4 rings (SSSR count). The van der Waals surface area contributed by atoms with Gasteiger partial charge in [-0.2, -0.15) is 8.42 Å². The molecule has 0 amide bonds. The van der Waals surface area contributed by atoms with Gasteiger partial charge in [0.15, 0.2) is 20.1 Å². The second-order valence-electron chi connectivity index (χ2n) is 11.6. The first kappa shape index (κ1) is 29.4. The minimum atomic E-state index is -4.19. The first-order valence-electron chi connectivity index (χ1n) is 12.7. The van der Waals surface area contributed by atoms with Gasteiger partial charge in [-0.3, -0.25) is 13.9 Å². The van der Waals surface area contributed by atoms with Crippen LogP contribution in [0.3, 0.4) is 0 Å². The highest BCUT2D eigenvalue weighted by Crippen LogP contribution is 2.51. The fourth-order valence-corrected chi connectivity index (χ4v) is 7.10. The molecule has 13 heteroatoms. The monoisotopic (exact) mass is 579 g/mol. The van der Waals surface area contributed by atoms with Crippen molar-refractivity contribution in [1.82, 2.24) is 9.13 Å². The molecule has 39 heavy (non-hydrogen) atoms. The number of nitrogens with zero attached hydrogens (tertiary/aromatic N) is 2. The number of ether oxygens (including phenoxy) is 2. The van der Waals surface area contributed by atoms with E-state index in [2.05, 4.69) is 0 Å². The second-order valence-corrected chi connectivity index (χ2v) is 17.8. The summed E-state index contributed by atoms with van der Waals surface area (Å²) in [6.45, 7) is 11.8. The Bertz CT molecular complexity index is 1490. The van der Waals surface area contributed by atoms with Crippen molar-refractivity contribution in [3.8, 4) is 0 Å². The predicted octanol–water partition coefficient (Wildman–Crippen LogP) is 2.26. The van der Waals surface area contributed by atoms with Crippen LogP contribution in [0.4, 0.5) is 0 Å². The predicted molar refractivity (Wildman–Crippen MR) is 148 cm³/mol. The third-order valence-corrected chi connectivity index (χ3v) is 13.3. The van der Waals surface area contributed by atoms with Crippen LogP contribution < -0.4 is 17.0 Å². The maximum Gasteiger partial charge on any atom is 0.332 e. The van der Waals surface area contributed by atoms with Gasteiger partial charge in [0.2, 0.25) is 0 Å². The van der Waals surface area contributed by atoms with E-state index in [0.29, 0.717) is 5.56 Å². The molecule has 214 valence electrons. The molecule has 2 N–H and O–H groups in total. The lowest BCUT2D eigenvalue weighted by Gasteiger charge is -2.43.